The van der Waals surface area contributed by atoms with E-state index in [0.717, 1.165) is 18.8 Å². The smallest absolute Gasteiger partial charge is 0.0690 e. The van der Waals surface area contributed by atoms with Gasteiger partial charge in [-0.2, -0.15) is 0 Å². The summed E-state index contributed by atoms with van der Waals surface area (Å²) in [6, 6.07) is 28.3. The molecule has 0 spiro atoms. The Morgan fingerprint density at radius 2 is 1.43 bits per heavy atom. The summed E-state index contributed by atoms with van der Waals surface area (Å²) < 4.78 is 0. The van der Waals surface area contributed by atoms with E-state index in [1.54, 1.807) is 0 Å². The maximum Gasteiger partial charge on any atom is 0.0690 e. The SMILES string of the molecule is c1ccc(Cc2ccc3c(c2)N(Cc2ccccc2)CS3)cc1. The second-order valence-electron chi connectivity index (χ2n) is 5.92. The molecule has 1 aliphatic heterocycles. The molecule has 23 heavy (non-hydrogen) atoms. The highest BCUT2D eigenvalue weighted by molar-refractivity contribution is 7.99. The lowest BCUT2D eigenvalue weighted by atomic mass is 10.0. The summed E-state index contributed by atoms with van der Waals surface area (Å²) in [5.74, 6) is 1.04. The fourth-order valence-corrected chi connectivity index (χ4v) is 4.05. The zero-order valence-corrected chi connectivity index (χ0v) is 13.8. The van der Waals surface area contributed by atoms with Crippen LogP contribution in [0.1, 0.15) is 16.7 Å². The Labute approximate surface area is 142 Å². The molecule has 0 unspecified atom stereocenters. The van der Waals surface area contributed by atoms with Gasteiger partial charge >= 0.3 is 0 Å². The van der Waals surface area contributed by atoms with Gasteiger partial charge in [0.25, 0.3) is 0 Å². The topological polar surface area (TPSA) is 3.24 Å². The lowest BCUT2D eigenvalue weighted by molar-refractivity contribution is 0.905. The third-order valence-corrected chi connectivity index (χ3v) is 5.30. The molecule has 1 nitrogen and oxygen atoms in total. The van der Waals surface area contributed by atoms with Gasteiger partial charge in [-0.3, -0.25) is 0 Å². The molecule has 1 aliphatic rings. The molecule has 0 fully saturated rings. The van der Waals surface area contributed by atoms with Crippen molar-refractivity contribution in [1.29, 1.82) is 0 Å². The molecule has 0 bridgehead atoms. The number of hydrogen-bond donors (Lipinski definition) is 0. The highest BCUT2D eigenvalue weighted by atomic mass is 32.2. The van der Waals surface area contributed by atoms with Gasteiger partial charge in [0.1, 0.15) is 0 Å². The first-order valence-corrected chi connectivity index (χ1v) is 8.95. The molecule has 0 amide bonds. The number of rotatable bonds is 4. The third kappa shape index (κ3) is 3.27. The average Bonchev–Trinajstić information content (AvgIpc) is 2.99. The maximum absolute atomic E-state index is 2.48. The molecule has 1 heterocycles. The molecule has 0 radical (unpaired) electrons. The van der Waals surface area contributed by atoms with E-state index in [4.69, 9.17) is 0 Å². The first kappa shape index (κ1) is 14.4. The minimum Gasteiger partial charge on any atom is -0.357 e. The monoisotopic (exact) mass is 317 g/mol. The zero-order valence-electron chi connectivity index (χ0n) is 13.0. The van der Waals surface area contributed by atoms with Crippen molar-refractivity contribution >= 4 is 17.4 Å². The van der Waals surface area contributed by atoms with Gasteiger partial charge in [0, 0.05) is 11.4 Å². The van der Waals surface area contributed by atoms with Crippen molar-refractivity contribution < 1.29 is 0 Å². The van der Waals surface area contributed by atoms with Crippen molar-refractivity contribution in [1.82, 2.24) is 0 Å². The predicted molar refractivity (Wildman–Crippen MR) is 99.0 cm³/mol. The summed E-state index contributed by atoms with van der Waals surface area (Å²) in [6.07, 6.45) is 0.998. The summed E-state index contributed by atoms with van der Waals surface area (Å²) in [5.41, 5.74) is 5.50. The third-order valence-electron chi connectivity index (χ3n) is 4.21. The number of fused-ring (bicyclic) bond motifs is 1. The Morgan fingerprint density at radius 1 is 0.739 bits per heavy atom. The number of hydrogen-bond acceptors (Lipinski definition) is 2. The van der Waals surface area contributed by atoms with Gasteiger partial charge in [0.15, 0.2) is 0 Å². The minimum atomic E-state index is 0.982. The highest BCUT2D eigenvalue weighted by Gasteiger charge is 2.20. The largest absolute Gasteiger partial charge is 0.357 e. The normalized spacial score (nSPS) is 13.1. The van der Waals surface area contributed by atoms with Gasteiger partial charge in [-0.1, -0.05) is 66.7 Å². The Hall–Kier alpha value is -2.19. The van der Waals surface area contributed by atoms with E-state index in [0.29, 0.717) is 0 Å². The van der Waals surface area contributed by atoms with Crippen molar-refractivity contribution in [3.8, 4) is 0 Å². The quantitative estimate of drug-likeness (QED) is 0.638. The van der Waals surface area contributed by atoms with Crippen molar-refractivity contribution in [2.75, 3.05) is 10.8 Å². The minimum absolute atomic E-state index is 0.982. The van der Waals surface area contributed by atoms with Gasteiger partial charge in [0.05, 0.1) is 11.6 Å². The maximum atomic E-state index is 2.48. The van der Waals surface area contributed by atoms with E-state index in [1.165, 1.54) is 27.3 Å². The van der Waals surface area contributed by atoms with Crippen molar-refractivity contribution in [3.63, 3.8) is 0 Å². The second-order valence-corrected chi connectivity index (χ2v) is 6.91. The molecule has 0 saturated carbocycles. The van der Waals surface area contributed by atoms with Crippen LogP contribution in [-0.4, -0.2) is 5.88 Å². The van der Waals surface area contributed by atoms with E-state index in [-0.39, 0.29) is 0 Å². The fourth-order valence-electron chi connectivity index (χ4n) is 3.03. The molecule has 0 atom stereocenters. The first-order chi connectivity index (χ1) is 11.4. The Balaban J connectivity index is 1.56. The van der Waals surface area contributed by atoms with Crippen LogP contribution in [0.15, 0.2) is 83.8 Å². The summed E-state index contributed by atoms with van der Waals surface area (Å²) in [7, 11) is 0. The lowest BCUT2D eigenvalue weighted by Crippen LogP contribution is -2.18. The molecule has 3 aromatic carbocycles. The zero-order chi connectivity index (χ0) is 15.5. The number of anilines is 1. The van der Waals surface area contributed by atoms with E-state index in [9.17, 15) is 0 Å². The van der Waals surface area contributed by atoms with Crippen LogP contribution >= 0.6 is 11.8 Å². The Kier molecular flexibility index (Phi) is 4.08. The predicted octanol–water partition coefficient (Wildman–Crippen LogP) is 5.35. The molecule has 0 aromatic heterocycles. The lowest BCUT2D eigenvalue weighted by Gasteiger charge is -2.19. The number of nitrogens with zero attached hydrogens (tertiary/aromatic N) is 1. The molecule has 0 aliphatic carbocycles. The van der Waals surface area contributed by atoms with E-state index >= 15 is 0 Å². The van der Waals surface area contributed by atoms with E-state index in [1.807, 2.05) is 11.8 Å². The van der Waals surface area contributed by atoms with E-state index < -0.39 is 0 Å². The van der Waals surface area contributed by atoms with Crippen molar-refractivity contribution in [2.45, 2.75) is 17.9 Å². The standard InChI is InChI=1S/C21H19NS/c1-3-7-17(8-4-1)13-19-11-12-21-20(14-19)22(16-23-21)15-18-9-5-2-6-10-18/h1-12,14H,13,15-16H2. The van der Waals surface area contributed by atoms with Crippen LogP contribution in [0.4, 0.5) is 5.69 Å². The Bertz CT molecular complexity index is 783. The summed E-state index contributed by atoms with van der Waals surface area (Å²) >= 11 is 1.94. The summed E-state index contributed by atoms with van der Waals surface area (Å²) in [5, 5.41) is 0. The van der Waals surface area contributed by atoms with Gasteiger partial charge in [-0.25, -0.2) is 0 Å². The first-order valence-electron chi connectivity index (χ1n) is 7.97. The molecule has 4 rings (SSSR count). The highest BCUT2D eigenvalue weighted by Crippen LogP contribution is 2.40. The van der Waals surface area contributed by atoms with Crippen LogP contribution in [0.2, 0.25) is 0 Å². The molecule has 114 valence electrons. The fraction of sp³-hybridized carbons (Fsp3) is 0.143. The van der Waals surface area contributed by atoms with Gasteiger partial charge in [-0.15, -0.1) is 11.8 Å². The molecular formula is C21H19NS. The van der Waals surface area contributed by atoms with Gasteiger partial charge in [-0.05, 0) is 35.2 Å². The summed E-state index contributed by atoms with van der Waals surface area (Å²) in [4.78, 5) is 3.88. The van der Waals surface area contributed by atoms with Crippen LogP contribution < -0.4 is 4.90 Å². The summed E-state index contributed by atoms with van der Waals surface area (Å²) in [6.45, 7) is 0.982. The molecule has 0 saturated heterocycles. The van der Waals surface area contributed by atoms with Crippen LogP contribution in [0.25, 0.3) is 0 Å². The van der Waals surface area contributed by atoms with Crippen LogP contribution in [0.3, 0.4) is 0 Å². The van der Waals surface area contributed by atoms with Crippen LogP contribution in [-0.2, 0) is 13.0 Å². The molecule has 0 N–H and O–H groups in total. The van der Waals surface area contributed by atoms with Gasteiger partial charge in [0.2, 0.25) is 0 Å². The van der Waals surface area contributed by atoms with Crippen LogP contribution in [0, 0.1) is 0 Å². The van der Waals surface area contributed by atoms with Crippen molar-refractivity contribution in [3.05, 3.63) is 95.6 Å². The molecule has 2 heteroatoms. The van der Waals surface area contributed by atoms with Gasteiger partial charge < -0.3 is 4.90 Å². The average molecular weight is 317 g/mol. The van der Waals surface area contributed by atoms with E-state index in [2.05, 4.69) is 83.8 Å². The molecule has 3 aromatic rings. The number of benzene rings is 3. The second kappa shape index (κ2) is 6.51. The van der Waals surface area contributed by atoms with Crippen LogP contribution in [0.5, 0.6) is 0 Å². The number of thioether (sulfide) groups is 1. The van der Waals surface area contributed by atoms with Crippen molar-refractivity contribution in [2.24, 2.45) is 0 Å². The molecular weight excluding hydrogens is 298 g/mol. The Morgan fingerprint density at radius 3 is 2.17 bits per heavy atom.